The van der Waals surface area contributed by atoms with Crippen LogP contribution in [0.2, 0.25) is 0 Å². The van der Waals surface area contributed by atoms with Gasteiger partial charge in [-0.2, -0.15) is 0 Å². The van der Waals surface area contributed by atoms with E-state index in [0.717, 1.165) is 17.1 Å². The molecule has 0 aliphatic rings. The molecule has 0 aliphatic carbocycles. The summed E-state index contributed by atoms with van der Waals surface area (Å²) in [6, 6.07) is 68.5. The van der Waals surface area contributed by atoms with Crippen LogP contribution in [0.25, 0.3) is 93.6 Å². The smallest absolute Gasteiger partial charge is 0.0561 e. The van der Waals surface area contributed by atoms with E-state index in [1.54, 1.807) is 0 Å². The van der Waals surface area contributed by atoms with E-state index in [2.05, 4.69) is 202 Å². The van der Waals surface area contributed by atoms with Gasteiger partial charge in [0.1, 0.15) is 0 Å². The summed E-state index contributed by atoms with van der Waals surface area (Å²) < 4.78 is 7.27. The number of nitrogens with zero attached hydrogens (tertiary/aromatic N) is 3. The molecule has 0 radical (unpaired) electrons. The zero-order chi connectivity index (χ0) is 33.5. The van der Waals surface area contributed by atoms with Crippen molar-refractivity contribution >= 4 is 65.4 Å². The Morgan fingerprint density at radius 1 is 0.216 bits per heavy atom. The lowest BCUT2D eigenvalue weighted by molar-refractivity contribution is 1.15. The fourth-order valence-corrected chi connectivity index (χ4v) is 8.41. The Morgan fingerprint density at radius 3 is 1.24 bits per heavy atom. The Morgan fingerprint density at radius 2 is 0.627 bits per heavy atom. The second-order valence-corrected chi connectivity index (χ2v) is 13.4. The van der Waals surface area contributed by atoms with Gasteiger partial charge in [0.2, 0.25) is 0 Å². The molecular formula is C48H31N3. The van der Waals surface area contributed by atoms with Gasteiger partial charge in [0.15, 0.2) is 0 Å². The van der Waals surface area contributed by atoms with Crippen LogP contribution in [0.15, 0.2) is 188 Å². The molecule has 0 unspecified atom stereocenters. The Kier molecular flexibility index (Phi) is 5.96. The monoisotopic (exact) mass is 649 g/mol. The molecule has 0 saturated heterocycles. The normalized spacial score (nSPS) is 11.9. The highest BCUT2D eigenvalue weighted by atomic mass is 15.0. The predicted octanol–water partition coefficient (Wildman–Crippen LogP) is 12.6. The second-order valence-electron chi connectivity index (χ2n) is 13.4. The molecule has 11 rings (SSSR count). The van der Waals surface area contributed by atoms with Crippen LogP contribution in [0.4, 0.5) is 0 Å². The molecular weight excluding hydrogens is 619 g/mol. The average molecular weight is 650 g/mol. The third-order valence-electron chi connectivity index (χ3n) is 10.6. The Labute approximate surface area is 294 Å². The highest BCUT2D eigenvalue weighted by Gasteiger charge is 2.18. The van der Waals surface area contributed by atoms with E-state index in [1.165, 1.54) is 76.5 Å². The number of rotatable bonds is 4. The van der Waals surface area contributed by atoms with Gasteiger partial charge in [0.25, 0.3) is 0 Å². The maximum Gasteiger partial charge on any atom is 0.0561 e. The Bertz CT molecular complexity index is 3080. The molecule has 3 aromatic heterocycles. The van der Waals surface area contributed by atoms with E-state index < -0.39 is 0 Å². The molecule has 3 heteroatoms. The van der Waals surface area contributed by atoms with Crippen LogP contribution in [-0.4, -0.2) is 13.7 Å². The molecule has 3 nitrogen and oxygen atoms in total. The van der Waals surface area contributed by atoms with Gasteiger partial charge in [-0.05, 0) is 77.9 Å². The lowest BCUT2D eigenvalue weighted by atomic mass is 10.1. The summed E-state index contributed by atoms with van der Waals surface area (Å²) in [5.74, 6) is 0. The number of hydrogen-bond donors (Lipinski definition) is 0. The lowest BCUT2D eigenvalue weighted by Crippen LogP contribution is -1.98. The minimum absolute atomic E-state index is 1.14. The van der Waals surface area contributed by atoms with Crippen molar-refractivity contribution in [1.82, 2.24) is 13.7 Å². The third-order valence-corrected chi connectivity index (χ3v) is 10.6. The Balaban J connectivity index is 1.15. The molecule has 0 atom stereocenters. The van der Waals surface area contributed by atoms with Crippen molar-refractivity contribution in [2.24, 2.45) is 0 Å². The molecule has 0 saturated carbocycles. The molecule has 0 spiro atoms. The van der Waals surface area contributed by atoms with Crippen molar-refractivity contribution < 1.29 is 0 Å². The standard InChI is InChI=1S/C48H31N3/c1-2-13-32(14-3-1)33-15-12-16-34(29-33)51-45-23-10-6-19-39(45)41-27-25-36(31-48(41)51)50-46-24-11-7-20-40(46)42-30-35(26-28-47(42)50)49-43-21-8-4-17-37(43)38-18-5-9-22-44(38)49/h1-31H. The summed E-state index contributed by atoms with van der Waals surface area (Å²) >= 11 is 0. The summed E-state index contributed by atoms with van der Waals surface area (Å²) in [6.07, 6.45) is 0. The van der Waals surface area contributed by atoms with Crippen LogP contribution in [0, 0.1) is 0 Å². The third kappa shape index (κ3) is 4.12. The van der Waals surface area contributed by atoms with Gasteiger partial charge in [-0.1, -0.05) is 121 Å². The van der Waals surface area contributed by atoms with Gasteiger partial charge in [0.05, 0.1) is 33.1 Å². The topological polar surface area (TPSA) is 14.8 Å². The molecule has 11 aromatic rings. The van der Waals surface area contributed by atoms with Crippen molar-refractivity contribution in [2.75, 3.05) is 0 Å². The molecule has 0 bridgehead atoms. The maximum absolute atomic E-state index is 2.43. The number of benzene rings is 8. The summed E-state index contributed by atoms with van der Waals surface area (Å²) in [5.41, 5.74) is 13.1. The highest BCUT2D eigenvalue weighted by molar-refractivity contribution is 6.13. The molecule has 0 aliphatic heterocycles. The van der Waals surface area contributed by atoms with Gasteiger partial charge in [-0.3, -0.25) is 0 Å². The SMILES string of the molecule is c1ccc(-c2cccc(-n3c4ccccc4c4ccc(-n5c6ccccc6c6cc(-n7c8ccccc8c8ccccc87)ccc65)cc43)c2)cc1. The molecule has 51 heavy (non-hydrogen) atoms. The number of para-hydroxylation sites is 4. The molecule has 8 aromatic carbocycles. The number of fused-ring (bicyclic) bond motifs is 9. The summed E-state index contributed by atoms with van der Waals surface area (Å²) in [5, 5.41) is 7.52. The van der Waals surface area contributed by atoms with Crippen LogP contribution in [0.5, 0.6) is 0 Å². The average Bonchev–Trinajstić information content (AvgIpc) is 3.83. The first-order valence-electron chi connectivity index (χ1n) is 17.5. The maximum atomic E-state index is 2.43. The summed E-state index contributed by atoms with van der Waals surface area (Å²) in [6.45, 7) is 0. The van der Waals surface area contributed by atoms with Crippen LogP contribution >= 0.6 is 0 Å². The van der Waals surface area contributed by atoms with Crippen molar-refractivity contribution in [3.05, 3.63) is 188 Å². The van der Waals surface area contributed by atoms with E-state index in [-0.39, 0.29) is 0 Å². The second kappa shape index (κ2) is 10.8. The fraction of sp³-hybridized carbons (Fsp3) is 0. The van der Waals surface area contributed by atoms with Crippen LogP contribution in [-0.2, 0) is 0 Å². The quantitative estimate of drug-likeness (QED) is 0.180. The fourth-order valence-electron chi connectivity index (χ4n) is 8.41. The van der Waals surface area contributed by atoms with Crippen molar-refractivity contribution in [1.29, 1.82) is 0 Å². The molecule has 0 amide bonds. The van der Waals surface area contributed by atoms with Gasteiger partial charge in [-0.25, -0.2) is 0 Å². The van der Waals surface area contributed by atoms with E-state index in [0.29, 0.717) is 0 Å². The van der Waals surface area contributed by atoms with Crippen LogP contribution in [0.1, 0.15) is 0 Å². The number of aromatic nitrogens is 3. The molecule has 0 fully saturated rings. The summed E-state index contributed by atoms with van der Waals surface area (Å²) in [7, 11) is 0. The van der Waals surface area contributed by atoms with Crippen molar-refractivity contribution in [3.63, 3.8) is 0 Å². The van der Waals surface area contributed by atoms with Crippen molar-refractivity contribution in [3.8, 4) is 28.2 Å². The first-order valence-corrected chi connectivity index (χ1v) is 17.5. The zero-order valence-corrected chi connectivity index (χ0v) is 27.7. The largest absolute Gasteiger partial charge is 0.309 e. The van der Waals surface area contributed by atoms with Crippen molar-refractivity contribution in [2.45, 2.75) is 0 Å². The van der Waals surface area contributed by atoms with E-state index in [1.807, 2.05) is 0 Å². The van der Waals surface area contributed by atoms with Gasteiger partial charge < -0.3 is 13.7 Å². The van der Waals surface area contributed by atoms with Crippen LogP contribution < -0.4 is 0 Å². The first kappa shape index (κ1) is 28.0. The minimum Gasteiger partial charge on any atom is -0.309 e. The zero-order valence-electron chi connectivity index (χ0n) is 27.7. The summed E-state index contributed by atoms with van der Waals surface area (Å²) in [4.78, 5) is 0. The Hall–Kier alpha value is -6.84. The minimum atomic E-state index is 1.14. The molecule has 3 heterocycles. The van der Waals surface area contributed by atoms with E-state index in [9.17, 15) is 0 Å². The van der Waals surface area contributed by atoms with Gasteiger partial charge >= 0.3 is 0 Å². The predicted molar refractivity (Wildman–Crippen MR) is 215 cm³/mol. The van der Waals surface area contributed by atoms with E-state index in [4.69, 9.17) is 0 Å². The number of hydrogen-bond acceptors (Lipinski definition) is 0. The van der Waals surface area contributed by atoms with E-state index >= 15 is 0 Å². The molecule has 0 N–H and O–H groups in total. The molecule has 238 valence electrons. The van der Waals surface area contributed by atoms with Gasteiger partial charge in [-0.15, -0.1) is 0 Å². The lowest BCUT2D eigenvalue weighted by Gasteiger charge is -2.13. The first-order chi connectivity index (χ1) is 25.3. The highest BCUT2D eigenvalue weighted by Crippen LogP contribution is 2.39. The van der Waals surface area contributed by atoms with Gasteiger partial charge in [0, 0.05) is 49.4 Å². The van der Waals surface area contributed by atoms with Crippen LogP contribution in [0.3, 0.4) is 0 Å².